The number of aromatic hydroxyl groups is 2. The fourth-order valence-electron chi connectivity index (χ4n) is 2.91. The Bertz CT molecular complexity index is 807. The maximum absolute atomic E-state index is 12.7. The van der Waals surface area contributed by atoms with Gasteiger partial charge in [-0.05, 0) is 23.8 Å². The van der Waals surface area contributed by atoms with Crippen LogP contribution in [0, 0.1) is 0 Å². The zero-order valence-electron chi connectivity index (χ0n) is 13.9. The number of hydrogen-bond donors (Lipinski definition) is 3. The number of phenolic OH excluding ortho intramolecular Hbond substituents is 2. The summed E-state index contributed by atoms with van der Waals surface area (Å²) in [5.74, 6) is -1.90. The number of phenols is 2. The molecule has 2 aromatic carbocycles. The van der Waals surface area contributed by atoms with E-state index in [1.54, 1.807) is 0 Å². The summed E-state index contributed by atoms with van der Waals surface area (Å²) in [6, 6.07) is 11.9. The largest absolute Gasteiger partial charge is 0.504 e. The van der Waals surface area contributed by atoms with Crippen molar-refractivity contribution in [3.63, 3.8) is 0 Å². The van der Waals surface area contributed by atoms with Crippen molar-refractivity contribution in [3.05, 3.63) is 59.7 Å². The van der Waals surface area contributed by atoms with E-state index in [0.717, 1.165) is 11.6 Å². The molecule has 26 heavy (non-hydrogen) atoms. The molecule has 1 aliphatic rings. The van der Waals surface area contributed by atoms with Gasteiger partial charge in [0, 0.05) is 18.5 Å². The SMILES string of the molecule is O=C(OCc1ccccc1)[C@@H]1C[C@@H](O)CN1C(=O)c1ccc(O)c(O)c1. The van der Waals surface area contributed by atoms with E-state index < -0.39 is 29.8 Å². The average molecular weight is 357 g/mol. The molecular weight excluding hydrogens is 338 g/mol. The summed E-state index contributed by atoms with van der Waals surface area (Å²) in [7, 11) is 0. The monoisotopic (exact) mass is 357 g/mol. The molecule has 1 fully saturated rings. The van der Waals surface area contributed by atoms with E-state index >= 15 is 0 Å². The third-order valence-corrected chi connectivity index (χ3v) is 4.26. The number of aliphatic hydroxyl groups excluding tert-OH is 1. The first-order valence-electron chi connectivity index (χ1n) is 8.17. The highest BCUT2D eigenvalue weighted by Crippen LogP contribution is 2.28. The first kappa shape index (κ1) is 17.8. The van der Waals surface area contributed by atoms with Crippen molar-refractivity contribution >= 4 is 11.9 Å². The highest BCUT2D eigenvalue weighted by molar-refractivity contribution is 5.97. The van der Waals surface area contributed by atoms with Crippen LogP contribution in [0.5, 0.6) is 11.5 Å². The maximum atomic E-state index is 12.7. The molecular formula is C19H19NO6. The van der Waals surface area contributed by atoms with Crippen LogP contribution in [-0.4, -0.2) is 50.8 Å². The molecule has 3 N–H and O–H groups in total. The summed E-state index contributed by atoms with van der Waals surface area (Å²) in [5.41, 5.74) is 0.927. The second-order valence-electron chi connectivity index (χ2n) is 6.16. The van der Waals surface area contributed by atoms with Gasteiger partial charge < -0.3 is 25.0 Å². The molecule has 1 amide bonds. The summed E-state index contributed by atoms with van der Waals surface area (Å²) in [6.45, 7) is 0.0693. The molecule has 7 heteroatoms. The Kier molecular flexibility index (Phi) is 5.09. The van der Waals surface area contributed by atoms with Crippen molar-refractivity contribution in [2.75, 3.05) is 6.54 Å². The van der Waals surface area contributed by atoms with Crippen molar-refractivity contribution in [2.45, 2.75) is 25.2 Å². The lowest BCUT2D eigenvalue weighted by atomic mass is 10.1. The Morgan fingerprint density at radius 2 is 1.81 bits per heavy atom. The normalized spacial score (nSPS) is 19.3. The standard InChI is InChI=1S/C19H19NO6/c21-14-9-15(19(25)26-11-12-4-2-1-3-5-12)20(10-14)18(24)13-6-7-16(22)17(23)8-13/h1-8,14-15,21-23H,9-11H2/t14-,15+/m1/s1. The molecule has 0 spiro atoms. The van der Waals surface area contributed by atoms with Crippen LogP contribution in [0.3, 0.4) is 0 Å². The number of β-amino-alcohol motifs (C(OH)–C–C–N with tert-alkyl or cyclic N) is 1. The molecule has 2 aromatic rings. The fourth-order valence-corrected chi connectivity index (χ4v) is 2.91. The highest BCUT2D eigenvalue weighted by atomic mass is 16.5. The van der Waals surface area contributed by atoms with Crippen LogP contribution < -0.4 is 0 Å². The minimum Gasteiger partial charge on any atom is -0.504 e. The highest BCUT2D eigenvalue weighted by Gasteiger charge is 2.40. The zero-order chi connectivity index (χ0) is 18.7. The van der Waals surface area contributed by atoms with Gasteiger partial charge in [0.15, 0.2) is 11.5 Å². The quantitative estimate of drug-likeness (QED) is 0.564. The van der Waals surface area contributed by atoms with Gasteiger partial charge in [0.2, 0.25) is 0 Å². The number of ether oxygens (including phenoxy) is 1. The molecule has 3 rings (SSSR count). The van der Waals surface area contributed by atoms with Crippen LogP contribution in [0.1, 0.15) is 22.3 Å². The Balaban J connectivity index is 1.72. The Morgan fingerprint density at radius 1 is 1.08 bits per heavy atom. The number of likely N-dealkylation sites (tertiary alicyclic amines) is 1. The van der Waals surface area contributed by atoms with E-state index in [0.29, 0.717) is 0 Å². The smallest absolute Gasteiger partial charge is 0.329 e. The fraction of sp³-hybridized carbons (Fsp3) is 0.263. The number of benzene rings is 2. The van der Waals surface area contributed by atoms with Gasteiger partial charge in [-0.15, -0.1) is 0 Å². The van der Waals surface area contributed by atoms with Crippen LogP contribution >= 0.6 is 0 Å². The minimum absolute atomic E-state index is 0.00836. The topological polar surface area (TPSA) is 107 Å². The lowest BCUT2D eigenvalue weighted by molar-refractivity contribution is -0.149. The Hall–Kier alpha value is -3.06. The molecule has 1 heterocycles. The van der Waals surface area contributed by atoms with Crippen molar-refractivity contribution < 1.29 is 29.6 Å². The lowest BCUT2D eigenvalue weighted by Gasteiger charge is -2.23. The zero-order valence-corrected chi connectivity index (χ0v) is 13.9. The van der Waals surface area contributed by atoms with Crippen LogP contribution in [0.4, 0.5) is 0 Å². The Morgan fingerprint density at radius 3 is 2.50 bits per heavy atom. The van der Waals surface area contributed by atoms with Gasteiger partial charge in [0.25, 0.3) is 5.91 Å². The average Bonchev–Trinajstić information content (AvgIpc) is 3.04. The molecule has 0 saturated carbocycles. The third kappa shape index (κ3) is 3.78. The number of aliphatic hydroxyl groups is 1. The van der Waals surface area contributed by atoms with E-state index in [2.05, 4.69) is 0 Å². The predicted octanol–water partition coefficient (Wildman–Crippen LogP) is 1.42. The van der Waals surface area contributed by atoms with Crippen LogP contribution in [0.25, 0.3) is 0 Å². The second-order valence-corrected chi connectivity index (χ2v) is 6.16. The molecule has 0 bridgehead atoms. The number of carbonyl (C=O) groups is 2. The van der Waals surface area contributed by atoms with Crippen molar-refractivity contribution in [2.24, 2.45) is 0 Å². The maximum Gasteiger partial charge on any atom is 0.329 e. The molecule has 0 unspecified atom stereocenters. The van der Waals surface area contributed by atoms with Gasteiger partial charge in [-0.3, -0.25) is 4.79 Å². The lowest BCUT2D eigenvalue weighted by Crippen LogP contribution is -2.41. The summed E-state index contributed by atoms with van der Waals surface area (Å²) in [5, 5.41) is 28.8. The summed E-state index contributed by atoms with van der Waals surface area (Å²) < 4.78 is 5.29. The van der Waals surface area contributed by atoms with Crippen molar-refractivity contribution in [3.8, 4) is 11.5 Å². The van der Waals surface area contributed by atoms with Gasteiger partial charge in [0.1, 0.15) is 12.6 Å². The van der Waals surface area contributed by atoms with E-state index in [1.807, 2.05) is 30.3 Å². The van der Waals surface area contributed by atoms with Crippen LogP contribution in [0.15, 0.2) is 48.5 Å². The summed E-state index contributed by atoms with van der Waals surface area (Å²) in [6.07, 6.45) is -0.748. The van der Waals surface area contributed by atoms with E-state index in [-0.39, 0.29) is 30.9 Å². The second kappa shape index (κ2) is 7.45. The number of carbonyl (C=O) groups excluding carboxylic acids is 2. The molecule has 0 aromatic heterocycles. The number of esters is 1. The first-order valence-corrected chi connectivity index (χ1v) is 8.17. The Labute approximate surface area is 150 Å². The number of rotatable bonds is 4. The van der Waals surface area contributed by atoms with Gasteiger partial charge in [0.05, 0.1) is 6.10 Å². The minimum atomic E-state index is -0.905. The van der Waals surface area contributed by atoms with Crippen LogP contribution in [-0.2, 0) is 16.1 Å². The van der Waals surface area contributed by atoms with E-state index in [1.165, 1.54) is 17.0 Å². The van der Waals surface area contributed by atoms with Crippen LogP contribution in [0.2, 0.25) is 0 Å². The van der Waals surface area contributed by atoms with E-state index in [9.17, 15) is 24.9 Å². The predicted molar refractivity (Wildman–Crippen MR) is 91.5 cm³/mol. The summed E-state index contributed by atoms with van der Waals surface area (Å²) >= 11 is 0. The van der Waals surface area contributed by atoms with Crippen molar-refractivity contribution in [1.29, 1.82) is 0 Å². The summed E-state index contributed by atoms with van der Waals surface area (Å²) in [4.78, 5) is 26.3. The van der Waals surface area contributed by atoms with Gasteiger partial charge in [-0.2, -0.15) is 0 Å². The molecule has 1 aliphatic heterocycles. The van der Waals surface area contributed by atoms with Gasteiger partial charge in [-0.25, -0.2) is 4.79 Å². The molecule has 0 radical (unpaired) electrons. The van der Waals surface area contributed by atoms with E-state index in [4.69, 9.17) is 4.74 Å². The first-order chi connectivity index (χ1) is 12.5. The number of amides is 1. The third-order valence-electron chi connectivity index (χ3n) is 4.26. The van der Waals surface area contributed by atoms with Gasteiger partial charge in [-0.1, -0.05) is 30.3 Å². The molecule has 1 saturated heterocycles. The molecule has 7 nitrogen and oxygen atoms in total. The molecule has 136 valence electrons. The van der Waals surface area contributed by atoms with Gasteiger partial charge >= 0.3 is 5.97 Å². The number of hydrogen-bond acceptors (Lipinski definition) is 6. The number of nitrogens with zero attached hydrogens (tertiary/aromatic N) is 1. The molecule has 0 aliphatic carbocycles. The molecule has 2 atom stereocenters. The van der Waals surface area contributed by atoms with Crippen molar-refractivity contribution in [1.82, 2.24) is 4.90 Å².